The number of rotatable bonds is 8. The molecule has 2 aliphatic heterocycles. The molecule has 2 aromatic heterocycles. The van der Waals surface area contributed by atoms with Crippen molar-refractivity contribution in [2.24, 2.45) is 10.2 Å². The van der Waals surface area contributed by atoms with Crippen LogP contribution in [-0.2, 0) is 16.0 Å². The predicted molar refractivity (Wildman–Crippen MR) is 127 cm³/mol. The van der Waals surface area contributed by atoms with Gasteiger partial charge in [0.2, 0.25) is 5.88 Å². The second-order valence-corrected chi connectivity index (χ2v) is 8.18. The van der Waals surface area contributed by atoms with E-state index in [-0.39, 0.29) is 0 Å². The van der Waals surface area contributed by atoms with Crippen LogP contribution in [0.3, 0.4) is 0 Å². The number of aromatic amines is 1. The van der Waals surface area contributed by atoms with E-state index >= 15 is 0 Å². The zero-order valence-electron chi connectivity index (χ0n) is 18.8. The lowest BCUT2D eigenvalue weighted by Gasteiger charge is -2.28. The number of ether oxygens (including phenoxy) is 3. The molecule has 2 saturated heterocycles. The molecule has 0 saturated carbocycles. The molecule has 0 radical (unpaired) electrons. The lowest BCUT2D eigenvalue weighted by molar-refractivity contribution is 0.0320. The molecule has 9 heteroatoms. The predicted octanol–water partition coefficient (Wildman–Crippen LogP) is 3.39. The molecule has 0 aliphatic carbocycles. The van der Waals surface area contributed by atoms with Crippen molar-refractivity contribution in [2.75, 3.05) is 70.7 Å². The zero-order chi connectivity index (χ0) is 22.3. The van der Waals surface area contributed by atoms with Gasteiger partial charge < -0.3 is 24.1 Å². The molecule has 0 atom stereocenters. The van der Waals surface area contributed by atoms with Crippen molar-refractivity contribution in [3.05, 3.63) is 48.2 Å². The maximum atomic E-state index is 6.03. The fourth-order valence-corrected chi connectivity index (χ4v) is 4.12. The van der Waals surface area contributed by atoms with E-state index in [2.05, 4.69) is 37.1 Å². The van der Waals surface area contributed by atoms with Crippen LogP contribution in [0.25, 0.3) is 10.9 Å². The highest BCUT2D eigenvalue weighted by atomic mass is 16.5. The number of anilines is 1. The third kappa shape index (κ3) is 5.68. The molecule has 1 N–H and O–H groups in total. The minimum Gasteiger partial charge on any atom is -0.476 e. The van der Waals surface area contributed by atoms with Crippen LogP contribution >= 0.6 is 0 Å². The molecule has 3 aromatic rings. The van der Waals surface area contributed by atoms with Crippen LogP contribution in [-0.4, -0.2) is 80.6 Å². The van der Waals surface area contributed by atoms with Crippen LogP contribution in [0.4, 0.5) is 11.5 Å². The summed E-state index contributed by atoms with van der Waals surface area (Å²) in [6.07, 6.45) is 2.00. The average Bonchev–Trinajstić information content (AvgIpc) is 3.28. The number of aromatic nitrogens is 2. The second kappa shape index (κ2) is 10.7. The number of H-pyrrole nitrogens is 1. The Morgan fingerprint density at radius 3 is 2.64 bits per heavy atom. The van der Waals surface area contributed by atoms with Gasteiger partial charge in [-0.25, -0.2) is 0 Å². The minimum atomic E-state index is 0.506. The summed E-state index contributed by atoms with van der Waals surface area (Å²) in [4.78, 5) is 12.6. The first-order chi connectivity index (χ1) is 16.3. The molecule has 33 heavy (non-hydrogen) atoms. The summed E-state index contributed by atoms with van der Waals surface area (Å²) in [7, 11) is 0. The van der Waals surface area contributed by atoms with Gasteiger partial charge in [0.25, 0.3) is 0 Å². The van der Waals surface area contributed by atoms with Gasteiger partial charge in [-0.15, -0.1) is 0 Å². The Balaban J connectivity index is 1.29. The van der Waals surface area contributed by atoms with Gasteiger partial charge in [0.1, 0.15) is 12.4 Å². The summed E-state index contributed by atoms with van der Waals surface area (Å²) >= 11 is 0. The zero-order valence-corrected chi connectivity index (χ0v) is 18.8. The van der Waals surface area contributed by atoms with Crippen LogP contribution in [0.1, 0.15) is 5.56 Å². The summed E-state index contributed by atoms with van der Waals surface area (Å²) in [5, 5.41) is 10.2. The number of fused-ring (bicyclic) bond motifs is 1. The van der Waals surface area contributed by atoms with Crippen molar-refractivity contribution in [3.8, 4) is 5.88 Å². The van der Waals surface area contributed by atoms with Crippen LogP contribution in [0.2, 0.25) is 0 Å². The average molecular weight is 451 g/mol. The standard InChI is InChI=1S/C24H30N6O3/c1-2-4-22-21(3-1)19(17-25-22)18-26-28-20-15-23(30-8-12-32-13-9-30)27-24(16-20)33-14-7-29-5-10-31-11-6-29/h1-4,15-17,25H,5-14,18H2. The molecular formula is C24H30N6O3. The topological polar surface area (TPSA) is 87.6 Å². The molecule has 2 fully saturated rings. The number of morpholine rings is 2. The van der Waals surface area contributed by atoms with Crippen molar-refractivity contribution in [1.82, 2.24) is 14.9 Å². The second-order valence-electron chi connectivity index (χ2n) is 8.18. The Morgan fingerprint density at radius 1 is 1.00 bits per heavy atom. The maximum Gasteiger partial charge on any atom is 0.217 e. The van der Waals surface area contributed by atoms with Crippen molar-refractivity contribution in [2.45, 2.75) is 6.54 Å². The number of nitrogens with zero attached hydrogens (tertiary/aromatic N) is 5. The fourth-order valence-electron chi connectivity index (χ4n) is 4.12. The molecule has 174 valence electrons. The van der Waals surface area contributed by atoms with Gasteiger partial charge in [-0.2, -0.15) is 15.2 Å². The van der Waals surface area contributed by atoms with E-state index in [4.69, 9.17) is 19.2 Å². The molecule has 0 unspecified atom stereocenters. The number of hydrogen-bond donors (Lipinski definition) is 1. The van der Waals surface area contributed by atoms with E-state index in [9.17, 15) is 0 Å². The van der Waals surface area contributed by atoms with Crippen molar-refractivity contribution < 1.29 is 14.2 Å². The number of azo groups is 1. The minimum absolute atomic E-state index is 0.506. The van der Waals surface area contributed by atoms with E-state index in [1.807, 2.05) is 30.5 Å². The highest BCUT2D eigenvalue weighted by molar-refractivity contribution is 5.82. The maximum absolute atomic E-state index is 6.03. The van der Waals surface area contributed by atoms with Gasteiger partial charge in [-0.1, -0.05) is 18.2 Å². The van der Waals surface area contributed by atoms with E-state index in [0.717, 1.165) is 68.5 Å². The van der Waals surface area contributed by atoms with Crippen LogP contribution < -0.4 is 9.64 Å². The Kier molecular flexibility index (Phi) is 7.10. The SMILES string of the molecule is c1ccc2c(CN=Nc3cc(OCCN4CCOCC4)nc(N4CCOCC4)c3)c[nH]c2c1. The Hall–Kier alpha value is -3.01. The van der Waals surface area contributed by atoms with Gasteiger partial charge in [0.05, 0.1) is 38.7 Å². The molecule has 4 heterocycles. The van der Waals surface area contributed by atoms with E-state index in [0.29, 0.717) is 32.2 Å². The lowest BCUT2D eigenvalue weighted by Crippen LogP contribution is -2.38. The summed E-state index contributed by atoms with van der Waals surface area (Å²) < 4.78 is 16.9. The van der Waals surface area contributed by atoms with Gasteiger partial charge in [0, 0.05) is 67.5 Å². The number of nitrogens with one attached hydrogen (secondary N) is 1. The highest BCUT2D eigenvalue weighted by Gasteiger charge is 2.16. The van der Waals surface area contributed by atoms with Crippen molar-refractivity contribution in [3.63, 3.8) is 0 Å². The molecule has 0 bridgehead atoms. The van der Waals surface area contributed by atoms with Gasteiger partial charge in [0.15, 0.2) is 0 Å². The van der Waals surface area contributed by atoms with Gasteiger partial charge in [-0.3, -0.25) is 4.90 Å². The Morgan fingerprint density at radius 2 is 1.79 bits per heavy atom. The molecule has 0 spiro atoms. The number of para-hydroxylation sites is 1. The summed E-state index contributed by atoms with van der Waals surface area (Å²) in [5.74, 6) is 1.43. The van der Waals surface area contributed by atoms with Gasteiger partial charge in [-0.05, 0) is 6.07 Å². The Labute approximate surface area is 193 Å². The third-order valence-electron chi connectivity index (χ3n) is 5.97. The van der Waals surface area contributed by atoms with E-state index in [1.165, 1.54) is 5.39 Å². The first-order valence-corrected chi connectivity index (χ1v) is 11.6. The number of hydrogen-bond acceptors (Lipinski definition) is 8. The normalized spacial score (nSPS) is 17.8. The lowest BCUT2D eigenvalue weighted by atomic mass is 10.2. The molecular weight excluding hydrogens is 420 g/mol. The summed E-state index contributed by atoms with van der Waals surface area (Å²) in [6.45, 7) is 8.38. The van der Waals surface area contributed by atoms with E-state index < -0.39 is 0 Å². The number of benzene rings is 1. The van der Waals surface area contributed by atoms with Gasteiger partial charge >= 0.3 is 0 Å². The highest BCUT2D eigenvalue weighted by Crippen LogP contribution is 2.27. The molecule has 0 amide bonds. The fraction of sp³-hybridized carbons (Fsp3) is 0.458. The van der Waals surface area contributed by atoms with E-state index in [1.54, 1.807) is 0 Å². The number of pyridine rings is 1. The summed E-state index contributed by atoms with van der Waals surface area (Å²) in [6, 6.07) is 12.1. The van der Waals surface area contributed by atoms with Crippen LogP contribution in [0.15, 0.2) is 52.8 Å². The first-order valence-electron chi connectivity index (χ1n) is 11.6. The molecule has 2 aliphatic rings. The summed E-state index contributed by atoms with van der Waals surface area (Å²) in [5.41, 5.74) is 2.98. The largest absolute Gasteiger partial charge is 0.476 e. The molecule has 5 rings (SSSR count). The third-order valence-corrected chi connectivity index (χ3v) is 5.97. The van der Waals surface area contributed by atoms with Crippen LogP contribution in [0.5, 0.6) is 5.88 Å². The quantitative estimate of drug-likeness (QED) is 0.530. The monoisotopic (exact) mass is 450 g/mol. The molecule has 1 aromatic carbocycles. The van der Waals surface area contributed by atoms with Crippen LogP contribution in [0, 0.1) is 0 Å². The smallest absolute Gasteiger partial charge is 0.217 e. The molecule has 9 nitrogen and oxygen atoms in total. The Bertz CT molecular complexity index is 1070. The first kappa shape index (κ1) is 21.8. The van der Waals surface area contributed by atoms with Crippen molar-refractivity contribution >= 4 is 22.4 Å². The van der Waals surface area contributed by atoms with Crippen molar-refractivity contribution in [1.29, 1.82) is 0 Å².